The Bertz CT molecular complexity index is 836. The number of rotatable bonds is 7. The van der Waals surface area contributed by atoms with Gasteiger partial charge in [-0.25, -0.2) is 0 Å². The van der Waals surface area contributed by atoms with Crippen LogP contribution < -0.4 is 0 Å². The van der Waals surface area contributed by atoms with Crippen LogP contribution in [-0.4, -0.2) is 11.1 Å². The number of hydrogen-bond acceptors (Lipinski definition) is 1. The number of hydrogen-bond donors (Lipinski definition) is 1. The van der Waals surface area contributed by atoms with Crippen LogP contribution in [0.15, 0.2) is 34.8 Å². The van der Waals surface area contributed by atoms with Gasteiger partial charge >= 0.3 is 5.97 Å². The van der Waals surface area contributed by atoms with Crippen LogP contribution in [-0.2, 0) is 4.79 Å². The number of aliphatic carboxylic acids is 1. The number of carboxylic acids is 1. The summed E-state index contributed by atoms with van der Waals surface area (Å²) in [6.45, 7) is 12.1. The molecule has 0 aliphatic rings. The first-order valence-electron chi connectivity index (χ1n) is 10.1. The van der Waals surface area contributed by atoms with Crippen LogP contribution in [0.1, 0.15) is 89.0 Å². The van der Waals surface area contributed by atoms with E-state index in [0.717, 1.165) is 33.1 Å². The predicted molar refractivity (Wildman–Crippen MR) is 135 cm³/mol. The van der Waals surface area contributed by atoms with Gasteiger partial charge in [0.15, 0.2) is 0 Å². The van der Waals surface area contributed by atoms with Crippen molar-refractivity contribution in [2.24, 2.45) is 5.92 Å². The Hall–Kier alpha value is -1.03. The molecule has 0 spiro atoms. The maximum atomic E-state index is 11.6. The zero-order valence-corrected chi connectivity index (χ0v) is 21.1. The van der Waals surface area contributed by atoms with Crippen LogP contribution in [0.25, 0.3) is 0 Å². The van der Waals surface area contributed by atoms with Crippen molar-refractivity contribution < 1.29 is 9.90 Å². The van der Waals surface area contributed by atoms with E-state index in [2.05, 4.69) is 35.8 Å². The fraction of sp³-hybridized carbons (Fsp3) is 0.480. The molecule has 0 bridgehead atoms. The van der Waals surface area contributed by atoms with Crippen molar-refractivity contribution in [2.45, 2.75) is 73.6 Å². The van der Waals surface area contributed by atoms with Crippen LogP contribution in [0, 0.1) is 12.8 Å². The van der Waals surface area contributed by atoms with Gasteiger partial charge in [0.05, 0.1) is 5.92 Å². The van der Waals surface area contributed by atoms with E-state index < -0.39 is 11.9 Å². The third-order valence-corrected chi connectivity index (χ3v) is 6.27. The molecule has 0 saturated heterocycles. The second-order valence-electron chi connectivity index (χ2n) is 7.23. The summed E-state index contributed by atoms with van der Waals surface area (Å²) < 4.78 is 0.964. The van der Waals surface area contributed by atoms with Crippen molar-refractivity contribution in [1.82, 2.24) is 0 Å². The lowest BCUT2D eigenvalue weighted by Crippen LogP contribution is -2.17. The Morgan fingerprint density at radius 1 is 1.10 bits per heavy atom. The minimum atomic E-state index is -0.803. The smallest absolute Gasteiger partial charge is 0.306 e. The van der Waals surface area contributed by atoms with Gasteiger partial charge in [-0.05, 0) is 72.2 Å². The highest BCUT2D eigenvalue weighted by molar-refractivity contribution is 9.10. The van der Waals surface area contributed by atoms with Gasteiger partial charge in [0.2, 0.25) is 0 Å². The number of halogens is 3. The number of carboxylic acid groups (broad SMARTS) is 1. The molecule has 0 aliphatic heterocycles. The van der Waals surface area contributed by atoms with Crippen molar-refractivity contribution in [2.75, 3.05) is 0 Å². The van der Waals surface area contributed by atoms with Gasteiger partial charge in [-0.15, -0.1) is 0 Å². The molecule has 5 heteroatoms. The van der Waals surface area contributed by atoms with E-state index >= 15 is 0 Å². The number of benzene rings is 2. The highest BCUT2D eigenvalue weighted by atomic mass is 79.9. The second kappa shape index (κ2) is 13.4. The van der Waals surface area contributed by atoms with Crippen molar-refractivity contribution in [3.63, 3.8) is 0 Å². The normalized spacial score (nSPS) is 13.4. The van der Waals surface area contributed by atoms with Crippen LogP contribution in [0.3, 0.4) is 0 Å². The van der Waals surface area contributed by atoms with E-state index in [4.69, 9.17) is 23.2 Å². The Morgan fingerprint density at radius 3 is 2.23 bits per heavy atom. The Balaban J connectivity index is 0.00000272. The molecule has 0 saturated carbocycles. The van der Waals surface area contributed by atoms with Crippen LogP contribution in [0.2, 0.25) is 10.0 Å². The van der Waals surface area contributed by atoms with Gasteiger partial charge in [0.25, 0.3) is 0 Å². The number of aryl methyl sites for hydroxylation is 1. The molecule has 3 atom stereocenters. The highest BCUT2D eigenvalue weighted by Gasteiger charge is 2.28. The summed E-state index contributed by atoms with van der Waals surface area (Å²) in [6, 6.07) is 9.85. The Kier molecular flexibility index (Phi) is 12.9. The summed E-state index contributed by atoms with van der Waals surface area (Å²) in [4.78, 5) is 11.6. The quantitative estimate of drug-likeness (QED) is 0.396. The van der Waals surface area contributed by atoms with Crippen LogP contribution in [0.5, 0.6) is 0 Å². The molecular weight excluding hydrogens is 483 g/mol. The first-order chi connectivity index (χ1) is 13.6. The Morgan fingerprint density at radius 2 is 1.70 bits per heavy atom. The van der Waals surface area contributed by atoms with E-state index in [1.165, 1.54) is 0 Å². The van der Waals surface area contributed by atoms with E-state index in [0.29, 0.717) is 16.5 Å². The summed E-state index contributed by atoms with van der Waals surface area (Å²) in [5.41, 5.74) is 4.29. The first-order valence-corrected chi connectivity index (χ1v) is 11.7. The van der Waals surface area contributed by atoms with Crippen molar-refractivity contribution in [1.29, 1.82) is 0 Å². The zero-order valence-electron chi connectivity index (χ0n) is 18.0. The predicted octanol–water partition coefficient (Wildman–Crippen LogP) is 9.48. The molecule has 0 aromatic heterocycles. The minimum Gasteiger partial charge on any atom is -0.481 e. The largest absolute Gasteiger partial charge is 0.481 e. The van der Waals surface area contributed by atoms with E-state index in [-0.39, 0.29) is 19.3 Å². The van der Waals surface area contributed by atoms with E-state index in [9.17, 15) is 9.90 Å². The van der Waals surface area contributed by atoms with Gasteiger partial charge in [-0.1, -0.05) is 87.2 Å². The molecule has 2 aromatic carbocycles. The lowest BCUT2D eigenvalue weighted by Gasteiger charge is -2.28. The van der Waals surface area contributed by atoms with Gasteiger partial charge in [0.1, 0.15) is 0 Å². The summed E-state index contributed by atoms with van der Waals surface area (Å²) in [7, 11) is 0. The molecule has 2 nitrogen and oxygen atoms in total. The maximum Gasteiger partial charge on any atom is 0.306 e. The fourth-order valence-electron chi connectivity index (χ4n) is 3.44. The molecule has 30 heavy (non-hydrogen) atoms. The standard InChI is InChI=1S/C22H25BrCl2O2.C2H6.CH4/c1-5-12(2)18-10-16(24)11-20(25)21(18)19(8-14(4)22(26)27)17-9-15(23)7-6-13(17)3;1-2;/h6-7,9-12,14,19H,5,8H2,1-4H3,(H,26,27);1-2H3;1H4/t12-,14?,19?;;/m1../s1. The molecule has 0 heterocycles. The molecule has 0 radical (unpaired) electrons. The third-order valence-electron chi connectivity index (χ3n) is 5.25. The summed E-state index contributed by atoms with van der Waals surface area (Å²) in [5, 5.41) is 10.7. The van der Waals surface area contributed by atoms with E-state index in [1.54, 1.807) is 13.0 Å². The molecule has 2 rings (SSSR count). The Labute approximate surface area is 201 Å². The zero-order chi connectivity index (χ0) is 22.3. The first kappa shape index (κ1) is 29.0. The third kappa shape index (κ3) is 7.28. The lowest BCUT2D eigenvalue weighted by atomic mass is 9.78. The summed E-state index contributed by atoms with van der Waals surface area (Å²) in [6.07, 6.45) is 1.42. The molecule has 0 amide bonds. The number of carbonyl (C=O) groups is 1. The molecule has 2 unspecified atom stereocenters. The van der Waals surface area contributed by atoms with Gasteiger partial charge in [-0.3, -0.25) is 4.79 Å². The van der Waals surface area contributed by atoms with Crippen LogP contribution in [0.4, 0.5) is 0 Å². The SMILES string of the molecule is C.CC.CC[C@@H](C)c1cc(Cl)cc(Cl)c1C(CC(C)C(=O)O)c1cc(Br)ccc1C. The molecule has 0 fully saturated rings. The topological polar surface area (TPSA) is 37.3 Å². The molecular formula is C25H35BrCl2O2. The highest BCUT2D eigenvalue weighted by Crippen LogP contribution is 2.43. The minimum absolute atomic E-state index is 0. The molecule has 1 N–H and O–H groups in total. The average Bonchev–Trinajstić information content (AvgIpc) is 2.68. The lowest BCUT2D eigenvalue weighted by molar-refractivity contribution is -0.141. The van der Waals surface area contributed by atoms with Crippen LogP contribution >= 0.6 is 39.1 Å². The van der Waals surface area contributed by atoms with Gasteiger partial charge in [0, 0.05) is 20.4 Å². The maximum absolute atomic E-state index is 11.6. The van der Waals surface area contributed by atoms with Crippen molar-refractivity contribution >= 4 is 45.1 Å². The summed E-state index contributed by atoms with van der Waals surface area (Å²) in [5.74, 6) is -1.15. The monoisotopic (exact) mass is 516 g/mol. The summed E-state index contributed by atoms with van der Waals surface area (Å²) >= 11 is 16.5. The average molecular weight is 518 g/mol. The van der Waals surface area contributed by atoms with Crippen molar-refractivity contribution in [3.8, 4) is 0 Å². The van der Waals surface area contributed by atoms with Crippen molar-refractivity contribution in [3.05, 3.63) is 67.1 Å². The van der Waals surface area contributed by atoms with Gasteiger partial charge in [-0.2, -0.15) is 0 Å². The van der Waals surface area contributed by atoms with Gasteiger partial charge < -0.3 is 5.11 Å². The molecule has 2 aromatic rings. The van der Waals surface area contributed by atoms with E-state index in [1.807, 2.05) is 39.0 Å². The molecule has 0 aliphatic carbocycles. The molecule has 168 valence electrons. The fourth-order valence-corrected chi connectivity index (χ4v) is 4.46. The second-order valence-corrected chi connectivity index (χ2v) is 8.99.